The lowest BCUT2D eigenvalue weighted by molar-refractivity contribution is -0.115. The predicted molar refractivity (Wildman–Crippen MR) is 103 cm³/mol. The highest BCUT2D eigenvalue weighted by Crippen LogP contribution is 2.32. The van der Waals surface area contributed by atoms with E-state index in [9.17, 15) is 14.3 Å². The van der Waals surface area contributed by atoms with Crippen LogP contribution in [-0.2, 0) is 9.53 Å². The third-order valence-corrected chi connectivity index (χ3v) is 3.83. The van der Waals surface area contributed by atoms with Gasteiger partial charge in [0.25, 0.3) is 0 Å². The number of hydrogen-bond acceptors (Lipinski definition) is 4. The molecule has 0 aromatic heterocycles. The Labute approximate surface area is 156 Å². The number of carbonyl (C=O) groups is 1. The number of aliphatic hydroxyl groups excluding tert-OH is 1. The summed E-state index contributed by atoms with van der Waals surface area (Å²) in [5, 5.41) is 12.4. The number of ether oxygens (including phenoxy) is 1. The van der Waals surface area contributed by atoms with Gasteiger partial charge in [0.2, 0.25) is 5.91 Å². The van der Waals surface area contributed by atoms with E-state index >= 15 is 0 Å². The topological polar surface area (TPSA) is 84.6 Å². The molecule has 5 nitrogen and oxygen atoms in total. The monoisotopic (exact) mass is 368 g/mol. The van der Waals surface area contributed by atoms with Gasteiger partial charge in [0, 0.05) is 30.4 Å². The molecule has 0 fully saturated rings. The molecule has 148 valence electrons. The van der Waals surface area contributed by atoms with Crippen molar-refractivity contribution in [3.8, 4) is 0 Å². The minimum absolute atomic E-state index is 0.183. The maximum absolute atomic E-state index is 14.4. The molecule has 1 atom stereocenters. The lowest BCUT2D eigenvalue weighted by Crippen LogP contribution is -2.28. The third-order valence-electron chi connectivity index (χ3n) is 3.83. The second-order valence-corrected chi connectivity index (χ2v) is 5.51. The first kappa shape index (κ1) is 24.1. The van der Waals surface area contributed by atoms with Gasteiger partial charge in [0.1, 0.15) is 12.5 Å². The Morgan fingerprint density at radius 1 is 1.35 bits per heavy atom. The highest BCUT2D eigenvalue weighted by atomic mass is 19.1. The van der Waals surface area contributed by atoms with Gasteiger partial charge in [-0.05, 0) is 43.9 Å². The molecule has 26 heavy (non-hydrogen) atoms. The number of nitrogens with two attached hydrogens (primary N) is 1. The van der Waals surface area contributed by atoms with Crippen molar-refractivity contribution in [2.75, 3.05) is 19.9 Å². The second kappa shape index (κ2) is 13.3. The first-order valence-electron chi connectivity index (χ1n) is 9.17. The standard InChI is InChI=1S/C18H27FN2O3.C2H6/c1-4-16(21-11-24-5-2)17(18(20)23)14(8-9-22)13-7-6-12(3)10-15(13)19;1-2/h6-7,10,14,21-22H,4-5,8-9,11H2,1-3H3,(H2,20,23);1-2H3/b17-16+;. The number of aryl methyl sites for hydroxylation is 1. The van der Waals surface area contributed by atoms with Gasteiger partial charge in [-0.15, -0.1) is 0 Å². The number of amides is 1. The van der Waals surface area contributed by atoms with Crippen molar-refractivity contribution in [1.82, 2.24) is 5.32 Å². The Balaban J connectivity index is 0.00000301. The molecule has 0 saturated carbocycles. The lowest BCUT2D eigenvalue weighted by atomic mass is 9.85. The van der Waals surface area contributed by atoms with Crippen molar-refractivity contribution in [1.29, 1.82) is 0 Å². The van der Waals surface area contributed by atoms with Crippen LogP contribution in [0.3, 0.4) is 0 Å². The average molecular weight is 368 g/mol. The molecule has 1 amide bonds. The van der Waals surface area contributed by atoms with Crippen molar-refractivity contribution in [3.05, 3.63) is 46.4 Å². The molecule has 0 aliphatic carbocycles. The lowest BCUT2D eigenvalue weighted by Gasteiger charge is -2.23. The van der Waals surface area contributed by atoms with E-state index in [1.807, 2.05) is 27.7 Å². The smallest absolute Gasteiger partial charge is 0.246 e. The van der Waals surface area contributed by atoms with Crippen LogP contribution >= 0.6 is 0 Å². The normalized spacial score (nSPS) is 12.6. The van der Waals surface area contributed by atoms with Crippen LogP contribution in [0.2, 0.25) is 0 Å². The zero-order valence-electron chi connectivity index (χ0n) is 16.6. The molecule has 0 spiro atoms. The minimum Gasteiger partial charge on any atom is -0.396 e. The van der Waals surface area contributed by atoms with Gasteiger partial charge in [0.05, 0.1) is 0 Å². The molecule has 0 radical (unpaired) electrons. The third kappa shape index (κ3) is 7.14. The maximum atomic E-state index is 14.4. The number of primary amides is 1. The summed E-state index contributed by atoms with van der Waals surface area (Å²) in [6, 6.07) is 4.84. The fourth-order valence-electron chi connectivity index (χ4n) is 2.68. The number of allylic oxidation sites excluding steroid dienone is 1. The van der Waals surface area contributed by atoms with Crippen LogP contribution in [0.5, 0.6) is 0 Å². The van der Waals surface area contributed by atoms with E-state index in [-0.39, 0.29) is 25.3 Å². The summed E-state index contributed by atoms with van der Waals surface area (Å²) >= 11 is 0. The molecule has 1 aromatic rings. The van der Waals surface area contributed by atoms with E-state index in [2.05, 4.69) is 5.32 Å². The molecule has 0 saturated heterocycles. The molecular formula is C20H33FN2O3. The van der Waals surface area contributed by atoms with Gasteiger partial charge in [0.15, 0.2) is 0 Å². The Bertz CT molecular complexity index is 588. The van der Waals surface area contributed by atoms with Crippen LogP contribution in [0.15, 0.2) is 29.5 Å². The Morgan fingerprint density at radius 3 is 2.46 bits per heavy atom. The van der Waals surface area contributed by atoms with Gasteiger partial charge < -0.3 is 20.9 Å². The van der Waals surface area contributed by atoms with E-state index in [1.165, 1.54) is 6.07 Å². The zero-order chi connectivity index (χ0) is 20.1. The molecule has 0 aliphatic heterocycles. The first-order valence-corrected chi connectivity index (χ1v) is 9.17. The maximum Gasteiger partial charge on any atom is 0.246 e. The van der Waals surface area contributed by atoms with Crippen LogP contribution in [0.4, 0.5) is 4.39 Å². The van der Waals surface area contributed by atoms with Gasteiger partial charge in [-0.1, -0.05) is 32.9 Å². The summed E-state index contributed by atoms with van der Waals surface area (Å²) in [7, 11) is 0. The minimum atomic E-state index is -0.630. The van der Waals surface area contributed by atoms with E-state index in [1.54, 1.807) is 19.1 Å². The first-order chi connectivity index (χ1) is 12.5. The predicted octanol–water partition coefficient (Wildman–Crippen LogP) is 3.36. The van der Waals surface area contributed by atoms with Crippen molar-refractivity contribution >= 4 is 5.91 Å². The van der Waals surface area contributed by atoms with Crippen LogP contribution in [-0.4, -0.2) is 31.0 Å². The summed E-state index contributed by atoms with van der Waals surface area (Å²) in [6.07, 6.45) is 0.721. The average Bonchev–Trinajstić information content (AvgIpc) is 2.61. The Morgan fingerprint density at radius 2 is 2.00 bits per heavy atom. The molecule has 0 heterocycles. The highest BCUT2D eigenvalue weighted by molar-refractivity contribution is 5.94. The van der Waals surface area contributed by atoms with Gasteiger partial charge in [-0.2, -0.15) is 0 Å². The summed E-state index contributed by atoms with van der Waals surface area (Å²) < 4.78 is 19.7. The van der Waals surface area contributed by atoms with Crippen molar-refractivity contribution < 1.29 is 19.0 Å². The van der Waals surface area contributed by atoms with Crippen molar-refractivity contribution in [2.24, 2.45) is 5.73 Å². The summed E-state index contributed by atoms with van der Waals surface area (Å²) in [6.45, 7) is 10.1. The van der Waals surface area contributed by atoms with Crippen LogP contribution in [0.25, 0.3) is 0 Å². The number of benzene rings is 1. The molecule has 1 rings (SSSR count). The van der Waals surface area contributed by atoms with E-state index in [0.29, 0.717) is 24.3 Å². The van der Waals surface area contributed by atoms with Crippen LogP contribution in [0, 0.1) is 12.7 Å². The van der Waals surface area contributed by atoms with E-state index in [4.69, 9.17) is 10.5 Å². The molecule has 1 aromatic carbocycles. The summed E-state index contributed by atoms with van der Waals surface area (Å²) in [4.78, 5) is 12.1. The van der Waals surface area contributed by atoms with Crippen molar-refractivity contribution in [3.63, 3.8) is 0 Å². The number of rotatable bonds is 10. The fourth-order valence-corrected chi connectivity index (χ4v) is 2.68. The number of hydrogen-bond donors (Lipinski definition) is 3. The van der Waals surface area contributed by atoms with Crippen LogP contribution in [0.1, 0.15) is 57.6 Å². The SMILES string of the molecule is CC.CCOCN/C(CC)=C(/C(N)=O)C(CCO)c1ccc(C)cc1F. The van der Waals surface area contributed by atoms with Gasteiger partial charge in [-0.25, -0.2) is 4.39 Å². The quantitative estimate of drug-likeness (QED) is 0.336. The van der Waals surface area contributed by atoms with Crippen LogP contribution < -0.4 is 11.1 Å². The number of carbonyl (C=O) groups excluding carboxylic acids is 1. The molecule has 0 aliphatic rings. The number of nitrogens with one attached hydrogen (secondary N) is 1. The summed E-state index contributed by atoms with van der Waals surface area (Å²) in [5.41, 5.74) is 7.62. The molecular weight excluding hydrogens is 335 g/mol. The van der Waals surface area contributed by atoms with Gasteiger partial charge in [-0.3, -0.25) is 4.79 Å². The molecule has 1 unspecified atom stereocenters. The van der Waals surface area contributed by atoms with Crippen molar-refractivity contribution in [2.45, 2.75) is 53.4 Å². The summed E-state index contributed by atoms with van der Waals surface area (Å²) in [5.74, 6) is -1.65. The van der Waals surface area contributed by atoms with E-state index < -0.39 is 17.6 Å². The molecule has 0 bridgehead atoms. The largest absolute Gasteiger partial charge is 0.396 e. The Kier molecular flexibility index (Phi) is 12.3. The second-order valence-electron chi connectivity index (χ2n) is 5.51. The highest BCUT2D eigenvalue weighted by Gasteiger charge is 2.26. The molecule has 6 heteroatoms. The fraction of sp³-hybridized carbons (Fsp3) is 0.550. The van der Waals surface area contributed by atoms with E-state index in [0.717, 1.165) is 5.56 Å². The zero-order valence-corrected chi connectivity index (χ0v) is 16.6. The molecule has 4 N–H and O–H groups in total. The number of halogens is 1. The van der Waals surface area contributed by atoms with Gasteiger partial charge >= 0.3 is 0 Å². The Hall–Kier alpha value is -1.92. The number of aliphatic hydroxyl groups is 1.